The van der Waals surface area contributed by atoms with Gasteiger partial charge in [-0.2, -0.15) is 0 Å². The highest BCUT2D eigenvalue weighted by Crippen LogP contribution is 2.37. The maximum atomic E-state index is 11.5. The lowest BCUT2D eigenvalue weighted by Crippen LogP contribution is -2.05. The van der Waals surface area contributed by atoms with E-state index in [1.807, 2.05) is 6.07 Å². The number of halogens is 1. The van der Waals surface area contributed by atoms with Gasteiger partial charge in [0.05, 0.1) is 19.0 Å². The summed E-state index contributed by atoms with van der Waals surface area (Å²) in [5.74, 6) is 0.437. The Morgan fingerprint density at radius 3 is 3.11 bits per heavy atom. The highest BCUT2D eigenvalue weighted by molar-refractivity contribution is 6.23. The molecule has 18 heavy (non-hydrogen) atoms. The van der Waals surface area contributed by atoms with Crippen LogP contribution in [0.5, 0.6) is 0 Å². The summed E-state index contributed by atoms with van der Waals surface area (Å²) in [7, 11) is 1.36. The minimum Gasteiger partial charge on any atom is -0.465 e. The van der Waals surface area contributed by atoms with E-state index in [1.54, 1.807) is 18.5 Å². The second kappa shape index (κ2) is 4.03. The molecule has 1 aromatic carbocycles. The number of rotatable bonds is 1. The van der Waals surface area contributed by atoms with Crippen molar-refractivity contribution in [2.24, 2.45) is 4.99 Å². The molecule has 1 aliphatic heterocycles. The van der Waals surface area contributed by atoms with Gasteiger partial charge in [0, 0.05) is 16.5 Å². The number of anilines is 1. The van der Waals surface area contributed by atoms with Gasteiger partial charge in [-0.05, 0) is 18.2 Å². The first-order valence-corrected chi connectivity index (χ1v) is 5.80. The molecule has 1 aliphatic rings. The molecule has 1 atom stereocenters. The first kappa shape index (κ1) is 11.1. The number of methoxy groups -OCH3 is 1. The molecule has 0 saturated heterocycles. The van der Waals surface area contributed by atoms with E-state index >= 15 is 0 Å². The van der Waals surface area contributed by atoms with Gasteiger partial charge in [-0.1, -0.05) is 11.6 Å². The largest absolute Gasteiger partial charge is 0.465 e. The summed E-state index contributed by atoms with van der Waals surface area (Å²) < 4.78 is 4.71. The lowest BCUT2D eigenvalue weighted by atomic mass is 10.1. The molecule has 0 radical (unpaired) electrons. The lowest BCUT2D eigenvalue weighted by molar-refractivity contribution is 0.0601. The van der Waals surface area contributed by atoms with Crippen molar-refractivity contribution in [3.63, 3.8) is 0 Å². The summed E-state index contributed by atoms with van der Waals surface area (Å²) in [6.45, 7) is 0. The quantitative estimate of drug-likeness (QED) is 0.472. The second-order valence-corrected chi connectivity index (χ2v) is 4.34. The van der Waals surface area contributed by atoms with Crippen molar-refractivity contribution in [3.05, 3.63) is 29.3 Å². The number of H-pyrrole nitrogens is 1. The van der Waals surface area contributed by atoms with Gasteiger partial charge in [-0.25, -0.2) is 4.79 Å². The van der Waals surface area contributed by atoms with E-state index in [-0.39, 0.29) is 5.97 Å². The van der Waals surface area contributed by atoms with E-state index in [0.29, 0.717) is 5.56 Å². The van der Waals surface area contributed by atoms with Gasteiger partial charge in [0.15, 0.2) is 5.50 Å². The fraction of sp³-hybridized carbons (Fsp3) is 0.167. The number of benzene rings is 1. The van der Waals surface area contributed by atoms with Crippen LogP contribution in [-0.4, -0.2) is 24.4 Å². The number of carbonyl (C=O) groups is 1. The maximum absolute atomic E-state index is 11.5. The Bertz CT molecular complexity index is 663. The van der Waals surface area contributed by atoms with E-state index in [0.717, 1.165) is 22.3 Å². The Labute approximate surface area is 108 Å². The van der Waals surface area contributed by atoms with Crippen molar-refractivity contribution in [2.75, 3.05) is 12.4 Å². The molecule has 0 bridgehead atoms. The molecule has 0 aliphatic carbocycles. The zero-order chi connectivity index (χ0) is 12.7. The van der Waals surface area contributed by atoms with Crippen LogP contribution in [-0.2, 0) is 4.74 Å². The van der Waals surface area contributed by atoms with Crippen LogP contribution < -0.4 is 5.32 Å². The van der Waals surface area contributed by atoms with Crippen molar-refractivity contribution >= 4 is 40.6 Å². The minimum atomic E-state index is -0.456. The molecular weight excluding hydrogens is 254 g/mol. The standard InChI is InChI=1S/C12H10ClN3O2/c1-18-12(17)6-2-3-8-7(4-6)9-10(13)14-5-15-11(9)16-8/h2-5,10,16H,1H3,(H,14,15). The van der Waals surface area contributed by atoms with Crippen molar-refractivity contribution in [1.82, 2.24) is 4.98 Å². The molecule has 2 aromatic rings. The van der Waals surface area contributed by atoms with Crippen LogP contribution in [0.1, 0.15) is 21.4 Å². The number of esters is 1. The predicted octanol–water partition coefficient (Wildman–Crippen LogP) is 2.65. The number of nitrogens with one attached hydrogen (secondary N) is 2. The number of aliphatic imine (C=N–C) groups is 1. The summed E-state index contributed by atoms with van der Waals surface area (Å²) >= 11 is 6.16. The topological polar surface area (TPSA) is 66.5 Å². The SMILES string of the molecule is COC(=O)c1ccc2[nH]c3c(c2c1)C(Cl)N=CN3. The van der Waals surface area contributed by atoms with Gasteiger partial charge in [-0.15, -0.1) is 0 Å². The van der Waals surface area contributed by atoms with Crippen molar-refractivity contribution in [2.45, 2.75) is 5.50 Å². The van der Waals surface area contributed by atoms with Gasteiger partial charge in [0.25, 0.3) is 0 Å². The molecule has 5 nitrogen and oxygen atoms in total. The van der Waals surface area contributed by atoms with Gasteiger partial charge in [0.1, 0.15) is 5.82 Å². The number of hydrogen-bond acceptors (Lipinski definition) is 4. The lowest BCUT2D eigenvalue weighted by Gasteiger charge is -2.11. The predicted molar refractivity (Wildman–Crippen MR) is 70.3 cm³/mol. The zero-order valence-electron chi connectivity index (χ0n) is 9.53. The summed E-state index contributed by atoms with van der Waals surface area (Å²) in [5.41, 5.74) is 1.78. The molecule has 1 aromatic heterocycles. The van der Waals surface area contributed by atoms with E-state index in [4.69, 9.17) is 16.3 Å². The normalized spacial score (nSPS) is 17.3. The Kier molecular flexibility index (Phi) is 2.48. The van der Waals surface area contributed by atoms with Gasteiger partial charge in [-0.3, -0.25) is 4.99 Å². The van der Waals surface area contributed by atoms with E-state index in [1.165, 1.54) is 7.11 Å². The average molecular weight is 264 g/mol. The molecule has 0 amide bonds. The van der Waals surface area contributed by atoms with E-state index < -0.39 is 5.50 Å². The molecule has 92 valence electrons. The van der Waals surface area contributed by atoms with Crippen LogP contribution in [0.2, 0.25) is 0 Å². The number of carbonyl (C=O) groups excluding carboxylic acids is 1. The third kappa shape index (κ3) is 1.55. The van der Waals surface area contributed by atoms with Crippen LogP contribution in [0.15, 0.2) is 23.2 Å². The van der Waals surface area contributed by atoms with Gasteiger partial charge < -0.3 is 15.0 Å². The number of ether oxygens (including phenoxy) is 1. The summed E-state index contributed by atoms with van der Waals surface area (Å²) in [6, 6.07) is 5.29. The zero-order valence-corrected chi connectivity index (χ0v) is 10.3. The first-order chi connectivity index (χ1) is 8.70. The highest BCUT2D eigenvalue weighted by Gasteiger charge is 2.21. The number of fused-ring (bicyclic) bond motifs is 3. The number of nitrogens with zero attached hydrogens (tertiary/aromatic N) is 1. The summed E-state index contributed by atoms with van der Waals surface area (Å²) in [4.78, 5) is 18.8. The van der Waals surface area contributed by atoms with Gasteiger partial charge in [0.2, 0.25) is 0 Å². The Morgan fingerprint density at radius 2 is 2.33 bits per heavy atom. The third-order valence-corrected chi connectivity index (χ3v) is 3.24. The Balaban J connectivity index is 2.22. The molecule has 6 heteroatoms. The Morgan fingerprint density at radius 1 is 1.50 bits per heavy atom. The molecule has 0 spiro atoms. The molecular formula is C12H10ClN3O2. The van der Waals surface area contributed by atoms with Crippen LogP contribution >= 0.6 is 11.6 Å². The highest BCUT2D eigenvalue weighted by atomic mass is 35.5. The van der Waals surface area contributed by atoms with Crippen molar-refractivity contribution in [1.29, 1.82) is 0 Å². The molecule has 2 heterocycles. The van der Waals surface area contributed by atoms with E-state index in [9.17, 15) is 4.79 Å². The molecule has 2 N–H and O–H groups in total. The first-order valence-electron chi connectivity index (χ1n) is 5.37. The fourth-order valence-electron chi connectivity index (χ4n) is 2.06. The molecule has 1 unspecified atom stereocenters. The number of aromatic amines is 1. The second-order valence-electron chi connectivity index (χ2n) is 3.92. The average Bonchev–Trinajstić information content (AvgIpc) is 2.76. The van der Waals surface area contributed by atoms with Crippen molar-refractivity contribution in [3.8, 4) is 0 Å². The van der Waals surface area contributed by atoms with Crippen LogP contribution in [0.4, 0.5) is 5.82 Å². The smallest absolute Gasteiger partial charge is 0.337 e. The summed E-state index contributed by atoms with van der Waals surface area (Å²) in [6.07, 6.45) is 1.55. The van der Waals surface area contributed by atoms with Crippen LogP contribution in [0, 0.1) is 0 Å². The van der Waals surface area contributed by atoms with Crippen molar-refractivity contribution < 1.29 is 9.53 Å². The van der Waals surface area contributed by atoms with Gasteiger partial charge >= 0.3 is 5.97 Å². The number of aromatic nitrogens is 1. The fourth-order valence-corrected chi connectivity index (χ4v) is 2.34. The molecule has 0 fully saturated rings. The monoisotopic (exact) mass is 263 g/mol. The molecule has 3 rings (SSSR count). The maximum Gasteiger partial charge on any atom is 0.337 e. The third-order valence-electron chi connectivity index (χ3n) is 2.91. The van der Waals surface area contributed by atoms with E-state index in [2.05, 4.69) is 15.3 Å². The number of hydrogen-bond donors (Lipinski definition) is 2. The molecule has 0 saturated carbocycles. The minimum absolute atomic E-state index is 0.370. The summed E-state index contributed by atoms with van der Waals surface area (Å²) in [5, 5.41) is 3.87. The Hall–Kier alpha value is -2.01. The van der Waals surface area contributed by atoms with Crippen LogP contribution in [0.3, 0.4) is 0 Å². The van der Waals surface area contributed by atoms with Crippen LogP contribution in [0.25, 0.3) is 10.9 Å². The number of alkyl halides is 1.